The molecule has 1 aliphatic rings. The maximum Gasteiger partial charge on any atom is 0.245 e. The van der Waals surface area contributed by atoms with Crippen molar-refractivity contribution in [3.8, 4) is 0 Å². The molecule has 1 aromatic carbocycles. The van der Waals surface area contributed by atoms with Crippen molar-refractivity contribution in [1.82, 2.24) is 9.88 Å². The van der Waals surface area contributed by atoms with Crippen LogP contribution >= 0.6 is 0 Å². The van der Waals surface area contributed by atoms with Crippen molar-refractivity contribution in [3.05, 3.63) is 54.0 Å². The van der Waals surface area contributed by atoms with Crippen LogP contribution in [0.4, 0.5) is 10.2 Å². The van der Waals surface area contributed by atoms with Gasteiger partial charge in [0, 0.05) is 19.3 Å². The minimum absolute atomic E-state index is 0.0620. The van der Waals surface area contributed by atoms with E-state index in [1.54, 1.807) is 17.0 Å². The maximum atomic E-state index is 13.0. The van der Waals surface area contributed by atoms with Gasteiger partial charge >= 0.3 is 0 Å². The number of carbonyl (C=O) groups excluding carboxylic acids is 1. The minimum atomic E-state index is -3.94. The summed E-state index contributed by atoms with van der Waals surface area (Å²) in [5.41, 5.74) is 0.818. The molecule has 1 aliphatic heterocycles. The smallest absolute Gasteiger partial charge is 0.245 e. The number of nitrogens with one attached hydrogen (secondary N) is 1. The van der Waals surface area contributed by atoms with Gasteiger partial charge < -0.3 is 10.2 Å². The normalized spacial score (nSPS) is 17.8. The van der Waals surface area contributed by atoms with Gasteiger partial charge in [0.1, 0.15) is 22.6 Å². The molecule has 1 amide bonds. The Labute approximate surface area is 144 Å². The maximum absolute atomic E-state index is 13.0. The van der Waals surface area contributed by atoms with Crippen LogP contribution in [0.15, 0.2) is 47.5 Å². The largest absolute Gasteiger partial charge is 0.357 e. The van der Waals surface area contributed by atoms with E-state index in [1.807, 2.05) is 0 Å². The molecule has 3 rings (SSSR count). The van der Waals surface area contributed by atoms with Crippen LogP contribution in [0.5, 0.6) is 0 Å². The molecule has 1 unspecified atom stereocenters. The van der Waals surface area contributed by atoms with Crippen LogP contribution in [-0.4, -0.2) is 36.8 Å². The summed E-state index contributed by atoms with van der Waals surface area (Å²) in [5.74, 6) is -0.441. The lowest BCUT2D eigenvalue weighted by Crippen LogP contribution is -2.34. The first-order chi connectivity index (χ1) is 11.8. The van der Waals surface area contributed by atoms with E-state index in [-0.39, 0.29) is 22.4 Å². The minimum Gasteiger partial charge on any atom is -0.357 e. The average molecular weight is 364 g/mol. The molecule has 132 valence electrons. The molecule has 1 saturated heterocycles. The topological polar surface area (TPSA) is 105 Å². The van der Waals surface area contributed by atoms with Crippen LogP contribution < -0.4 is 10.5 Å². The fourth-order valence-electron chi connectivity index (χ4n) is 2.73. The summed E-state index contributed by atoms with van der Waals surface area (Å²) in [7, 11) is -3.94. The molecule has 0 spiro atoms. The Bertz CT molecular complexity index is 887. The number of primary sulfonamides is 1. The van der Waals surface area contributed by atoms with Crippen LogP contribution in [0.2, 0.25) is 0 Å². The van der Waals surface area contributed by atoms with E-state index < -0.39 is 16.1 Å². The quantitative estimate of drug-likeness (QED) is 0.826. The number of amides is 1. The second-order valence-corrected chi connectivity index (χ2v) is 7.30. The van der Waals surface area contributed by atoms with Gasteiger partial charge in [-0.1, -0.05) is 12.1 Å². The SMILES string of the molecule is NS(=O)(=O)c1cccnc1NC1CCN(Cc2ccc(F)cc2)C1=O. The average Bonchev–Trinajstić information content (AvgIpc) is 2.90. The van der Waals surface area contributed by atoms with Crippen molar-refractivity contribution >= 4 is 21.7 Å². The lowest BCUT2D eigenvalue weighted by atomic mass is 10.2. The zero-order valence-electron chi connectivity index (χ0n) is 13.2. The van der Waals surface area contributed by atoms with E-state index in [4.69, 9.17) is 5.14 Å². The molecule has 7 nitrogen and oxygen atoms in total. The molecule has 3 N–H and O–H groups in total. The van der Waals surface area contributed by atoms with Gasteiger partial charge in [-0.15, -0.1) is 0 Å². The Morgan fingerprint density at radius 1 is 1.28 bits per heavy atom. The van der Waals surface area contributed by atoms with Gasteiger partial charge in [0.25, 0.3) is 0 Å². The zero-order valence-corrected chi connectivity index (χ0v) is 14.0. The van der Waals surface area contributed by atoms with Crippen molar-refractivity contribution in [2.24, 2.45) is 5.14 Å². The molecule has 2 aromatic rings. The Balaban J connectivity index is 1.72. The van der Waals surface area contributed by atoms with E-state index >= 15 is 0 Å². The molecule has 1 aromatic heterocycles. The first-order valence-corrected chi connectivity index (χ1v) is 9.17. The van der Waals surface area contributed by atoms with Gasteiger partial charge in [0.05, 0.1) is 0 Å². The standard InChI is InChI=1S/C16H17FN4O3S/c17-12-5-3-11(4-6-12)10-21-9-7-13(16(21)22)20-15-14(25(18,23)24)2-1-8-19-15/h1-6,8,13H,7,9-10H2,(H,19,20)(H2,18,23,24). The fraction of sp³-hybridized carbons (Fsp3) is 0.250. The summed E-state index contributed by atoms with van der Waals surface area (Å²) in [6.07, 6.45) is 1.92. The van der Waals surface area contributed by atoms with Crippen LogP contribution in [0.25, 0.3) is 0 Å². The summed E-state index contributed by atoms with van der Waals surface area (Å²) >= 11 is 0. The summed E-state index contributed by atoms with van der Waals surface area (Å²) in [5, 5.41) is 8.04. The molecule has 0 radical (unpaired) electrons. The molecule has 0 saturated carbocycles. The number of anilines is 1. The van der Waals surface area contributed by atoms with Crippen LogP contribution in [0, 0.1) is 5.82 Å². The number of likely N-dealkylation sites (tertiary alicyclic amines) is 1. The summed E-state index contributed by atoms with van der Waals surface area (Å²) in [6.45, 7) is 0.868. The van der Waals surface area contributed by atoms with E-state index in [0.717, 1.165) is 5.56 Å². The second kappa shape index (κ2) is 6.77. The van der Waals surface area contributed by atoms with Crippen molar-refractivity contribution in [2.45, 2.75) is 23.9 Å². The number of pyridine rings is 1. The van der Waals surface area contributed by atoms with Gasteiger partial charge in [0.2, 0.25) is 15.9 Å². The summed E-state index contributed by atoms with van der Waals surface area (Å²) in [4.78, 5) is 18.0. The Kier molecular flexibility index (Phi) is 4.69. The first kappa shape index (κ1) is 17.3. The monoisotopic (exact) mass is 364 g/mol. The number of aromatic nitrogens is 1. The van der Waals surface area contributed by atoms with Gasteiger partial charge in [-0.3, -0.25) is 4.79 Å². The number of sulfonamides is 1. The number of nitrogens with two attached hydrogens (primary N) is 1. The highest BCUT2D eigenvalue weighted by Gasteiger charge is 2.32. The number of hydrogen-bond acceptors (Lipinski definition) is 5. The van der Waals surface area contributed by atoms with Crippen LogP contribution in [0.3, 0.4) is 0 Å². The third kappa shape index (κ3) is 3.94. The van der Waals surface area contributed by atoms with Crippen molar-refractivity contribution in [1.29, 1.82) is 0 Å². The van der Waals surface area contributed by atoms with E-state index in [9.17, 15) is 17.6 Å². The third-order valence-corrected chi connectivity index (χ3v) is 4.91. The van der Waals surface area contributed by atoms with Crippen molar-refractivity contribution in [2.75, 3.05) is 11.9 Å². The molecular weight excluding hydrogens is 347 g/mol. The lowest BCUT2D eigenvalue weighted by Gasteiger charge is -2.18. The van der Waals surface area contributed by atoms with E-state index in [2.05, 4.69) is 10.3 Å². The molecule has 25 heavy (non-hydrogen) atoms. The van der Waals surface area contributed by atoms with Gasteiger partial charge in [-0.05, 0) is 36.2 Å². The summed E-state index contributed by atoms with van der Waals surface area (Å²) in [6, 6.07) is 8.15. The predicted molar refractivity (Wildman–Crippen MR) is 89.5 cm³/mol. The zero-order chi connectivity index (χ0) is 18.0. The van der Waals surface area contributed by atoms with Gasteiger partial charge in [-0.25, -0.2) is 22.9 Å². The van der Waals surface area contributed by atoms with Crippen molar-refractivity contribution in [3.63, 3.8) is 0 Å². The highest BCUT2D eigenvalue weighted by molar-refractivity contribution is 7.89. The molecule has 0 bridgehead atoms. The molecule has 0 aliphatic carbocycles. The van der Waals surface area contributed by atoms with Gasteiger partial charge in [0.15, 0.2) is 0 Å². The van der Waals surface area contributed by atoms with Gasteiger partial charge in [-0.2, -0.15) is 0 Å². The molecule has 1 fully saturated rings. The number of nitrogens with zero attached hydrogens (tertiary/aromatic N) is 2. The Hall–Kier alpha value is -2.52. The third-order valence-electron chi connectivity index (χ3n) is 3.97. The number of rotatable bonds is 5. The first-order valence-electron chi connectivity index (χ1n) is 7.62. The number of halogens is 1. The van der Waals surface area contributed by atoms with E-state index in [0.29, 0.717) is 19.5 Å². The summed E-state index contributed by atoms with van der Waals surface area (Å²) < 4.78 is 36.2. The van der Waals surface area contributed by atoms with E-state index in [1.165, 1.54) is 30.5 Å². The predicted octanol–water partition coefficient (Wildman–Crippen LogP) is 1.08. The highest BCUT2D eigenvalue weighted by Crippen LogP contribution is 2.22. The number of carbonyl (C=O) groups is 1. The van der Waals surface area contributed by atoms with Crippen molar-refractivity contribution < 1.29 is 17.6 Å². The second-order valence-electron chi connectivity index (χ2n) is 5.77. The molecule has 1 atom stereocenters. The number of hydrogen-bond donors (Lipinski definition) is 2. The van der Waals surface area contributed by atoms with Crippen LogP contribution in [-0.2, 0) is 21.4 Å². The lowest BCUT2D eigenvalue weighted by molar-refractivity contribution is -0.128. The Morgan fingerprint density at radius 2 is 2.00 bits per heavy atom. The fourth-order valence-corrected chi connectivity index (χ4v) is 3.38. The molecule has 9 heteroatoms. The Morgan fingerprint density at radius 3 is 2.68 bits per heavy atom. The highest BCUT2D eigenvalue weighted by atomic mass is 32.2. The molecular formula is C16H17FN4O3S. The van der Waals surface area contributed by atoms with Crippen LogP contribution in [0.1, 0.15) is 12.0 Å². The number of benzene rings is 1. The molecule has 2 heterocycles.